The molecule has 2 aromatic carbocycles. The van der Waals surface area contributed by atoms with Gasteiger partial charge in [-0.25, -0.2) is 0 Å². The molecule has 0 aliphatic rings. The van der Waals surface area contributed by atoms with E-state index in [-0.39, 0.29) is 12.2 Å². The molecule has 0 heterocycles. The number of aliphatic hydroxyl groups excluding tert-OH is 2. The molecule has 2 aromatic rings. The second-order valence-corrected chi connectivity index (χ2v) is 5.85. The first-order valence-electron chi connectivity index (χ1n) is 8.22. The van der Waals surface area contributed by atoms with Crippen LogP contribution in [0, 0.1) is 0 Å². The maximum Gasteiger partial charge on any atom is 0.0790 e. The predicted molar refractivity (Wildman–Crippen MR) is 91.6 cm³/mol. The number of aliphatic hydroxyl groups is 2. The molecular weight excluding hydrogens is 272 g/mol. The summed E-state index contributed by atoms with van der Waals surface area (Å²) in [4.78, 5) is 0. The monoisotopic (exact) mass is 298 g/mol. The average molecular weight is 298 g/mol. The first kappa shape index (κ1) is 16.7. The van der Waals surface area contributed by atoms with Gasteiger partial charge in [0.2, 0.25) is 0 Å². The van der Waals surface area contributed by atoms with Crippen LogP contribution in [-0.2, 0) is 0 Å². The molecule has 2 N–H and O–H groups in total. The fraction of sp³-hybridized carbons (Fsp3) is 0.400. The van der Waals surface area contributed by atoms with Gasteiger partial charge in [0, 0.05) is 0 Å². The van der Waals surface area contributed by atoms with Gasteiger partial charge >= 0.3 is 0 Å². The van der Waals surface area contributed by atoms with E-state index in [4.69, 9.17) is 0 Å². The third-order valence-corrected chi connectivity index (χ3v) is 4.05. The summed E-state index contributed by atoms with van der Waals surface area (Å²) in [7, 11) is 0. The Kier molecular flexibility index (Phi) is 6.17. The van der Waals surface area contributed by atoms with E-state index in [1.54, 1.807) is 0 Å². The number of benzene rings is 2. The topological polar surface area (TPSA) is 40.5 Å². The Morgan fingerprint density at radius 2 is 0.955 bits per heavy atom. The Hall–Kier alpha value is -1.64. The van der Waals surface area contributed by atoms with Crippen LogP contribution in [-0.4, -0.2) is 10.2 Å². The molecule has 2 nitrogen and oxygen atoms in total. The molecule has 2 heteroatoms. The van der Waals surface area contributed by atoms with Crippen molar-refractivity contribution < 1.29 is 10.2 Å². The van der Waals surface area contributed by atoms with Gasteiger partial charge in [0.15, 0.2) is 0 Å². The van der Waals surface area contributed by atoms with Gasteiger partial charge in [0.25, 0.3) is 0 Å². The van der Waals surface area contributed by atoms with E-state index in [1.165, 1.54) is 0 Å². The second kappa shape index (κ2) is 8.11. The Balaban J connectivity index is 2.11. The summed E-state index contributed by atoms with van der Waals surface area (Å²) in [5.74, 6) is 0. The van der Waals surface area contributed by atoms with Crippen molar-refractivity contribution in [1.82, 2.24) is 0 Å². The summed E-state index contributed by atoms with van der Waals surface area (Å²) in [5.41, 5.74) is 4.20. The standard InChI is InChI=1S/C20H26O2/c1-3-5-19(21)17-11-7-15(8-12-17)16-9-13-18(14-10-16)20(22)6-4-2/h7-14,19-22H,3-6H2,1-2H3/t19-,20-/m1/s1. The first-order chi connectivity index (χ1) is 10.7. The van der Waals surface area contributed by atoms with Crippen molar-refractivity contribution in [2.45, 2.75) is 51.7 Å². The Morgan fingerprint density at radius 1 is 0.636 bits per heavy atom. The molecule has 2 rings (SSSR count). The smallest absolute Gasteiger partial charge is 0.0790 e. The van der Waals surface area contributed by atoms with Crippen LogP contribution in [0.2, 0.25) is 0 Å². The minimum atomic E-state index is -0.370. The Bertz CT molecular complexity index is 504. The normalized spacial score (nSPS) is 13.8. The SMILES string of the molecule is CCC[C@@H](O)c1ccc(-c2ccc([C@H](O)CCC)cc2)cc1. The van der Waals surface area contributed by atoms with E-state index in [0.29, 0.717) is 0 Å². The van der Waals surface area contributed by atoms with E-state index in [9.17, 15) is 10.2 Å². The maximum absolute atomic E-state index is 10.0. The molecule has 0 saturated heterocycles. The van der Waals surface area contributed by atoms with Crippen molar-refractivity contribution in [3.63, 3.8) is 0 Å². The second-order valence-electron chi connectivity index (χ2n) is 5.85. The van der Waals surface area contributed by atoms with Gasteiger partial charge in [-0.15, -0.1) is 0 Å². The van der Waals surface area contributed by atoms with Crippen molar-refractivity contribution >= 4 is 0 Å². The van der Waals surface area contributed by atoms with Gasteiger partial charge in [0.1, 0.15) is 0 Å². The molecule has 0 spiro atoms. The molecule has 0 saturated carbocycles. The van der Waals surface area contributed by atoms with Gasteiger partial charge < -0.3 is 10.2 Å². The highest BCUT2D eigenvalue weighted by molar-refractivity contribution is 5.64. The minimum absolute atomic E-state index is 0.370. The maximum atomic E-state index is 10.0. The fourth-order valence-electron chi connectivity index (χ4n) is 2.68. The molecule has 118 valence electrons. The molecule has 0 aliphatic heterocycles. The zero-order valence-electron chi connectivity index (χ0n) is 13.5. The van der Waals surface area contributed by atoms with Crippen LogP contribution in [0.5, 0.6) is 0 Å². The van der Waals surface area contributed by atoms with Crippen LogP contribution in [0.25, 0.3) is 11.1 Å². The Labute approximate surface area is 133 Å². The number of hydrogen-bond donors (Lipinski definition) is 2. The van der Waals surface area contributed by atoms with Crippen molar-refractivity contribution in [3.05, 3.63) is 59.7 Å². The van der Waals surface area contributed by atoms with Gasteiger partial charge in [-0.05, 0) is 35.1 Å². The first-order valence-corrected chi connectivity index (χ1v) is 8.22. The van der Waals surface area contributed by atoms with Crippen LogP contribution in [0.15, 0.2) is 48.5 Å². The lowest BCUT2D eigenvalue weighted by Crippen LogP contribution is -1.97. The van der Waals surface area contributed by atoms with Crippen LogP contribution in [0.4, 0.5) is 0 Å². The van der Waals surface area contributed by atoms with E-state index in [1.807, 2.05) is 48.5 Å². The summed E-state index contributed by atoms with van der Waals surface area (Å²) < 4.78 is 0. The lowest BCUT2D eigenvalue weighted by Gasteiger charge is -2.12. The molecular formula is C20H26O2. The average Bonchev–Trinajstić information content (AvgIpc) is 2.55. The van der Waals surface area contributed by atoms with E-state index in [2.05, 4.69) is 13.8 Å². The predicted octanol–water partition coefficient (Wildman–Crippen LogP) is 5.02. The van der Waals surface area contributed by atoms with Crippen molar-refractivity contribution in [2.75, 3.05) is 0 Å². The molecule has 0 aromatic heterocycles. The molecule has 0 unspecified atom stereocenters. The van der Waals surface area contributed by atoms with Gasteiger partial charge in [-0.2, -0.15) is 0 Å². The number of hydrogen-bond acceptors (Lipinski definition) is 2. The molecule has 22 heavy (non-hydrogen) atoms. The van der Waals surface area contributed by atoms with Crippen molar-refractivity contribution in [3.8, 4) is 11.1 Å². The Morgan fingerprint density at radius 3 is 1.23 bits per heavy atom. The van der Waals surface area contributed by atoms with E-state index >= 15 is 0 Å². The quantitative estimate of drug-likeness (QED) is 0.753. The van der Waals surface area contributed by atoms with Crippen LogP contribution in [0.1, 0.15) is 62.9 Å². The minimum Gasteiger partial charge on any atom is -0.388 e. The third kappa shape index (κ3) is 4.19. The summed E-state index contributed by atoms with van der Waals surface area (Å²) in [6, 6.07) is 16.2. The van der Waals surface area contributed by atoms with Crippen molar-refractivity contribution in [1.29, 1.82) is 0 Å². The highest BCUT2D eigenvalue weighted by Crippen LogP contribution is 2.26. The lowest BCUT2D eigenvalue weighted by atomic mass is 9.98. The van der Waals surface area contributed by atoms with Crippen LogP contribution < -0.4 is 0 Å². The molecule has 0 bridgehead atoms. The summed E-state index contributed by atoms with van der Waals surface area (Å²) in [5, 5.41) is 20.0. The summed E-state index contributed by atoms with van der Waals surface area (Å²) in [6.07, 6.45) is 2.80. The number of rotatable bonds is 7. The van der Waals surface area contributed by atoms with Crippen LogP contribution >= 0.6 is 0 Å². The van der Waals surface area contributed by atoms with E-state index < -0.39 is 0 Å². The molecule has 0 amide bonds. The molecule has 0 aliphatic carbocycles. The molecule has 0 radical (unpaired) electrons. The lowest BCUT2D eigenvalue weighted by molar-refractivity contribution is 0.166. The zero-order chi connectivity index (χ0) is 15.9. The van der Waals surface area contributed by atoms with Gasteiger partial charge in [-0.3, -0.25) is 0 Å². The van der Waals surface area contributed by atoms with Crippen LogP contribution in [0.3, 0.4) is 0 Å². The van der Waals surface area contributed by atoms with Crippen molar-refractivity contribution in [2.24, 2.45) is 0 Å². The van der Waals surface area contributed by atoms with Gasteiger partial charge in [0.05, 0.1) is 12.2 Å². The third-order valence-electron chi connectivity index (χ3n) is 4.05. The largest absolute Gasteiger partial charge is 0.388 e. The highest BCUT2D eigenvalue weighted by atomic mass is 16.3. The molecule has 2 atom stereocenters. The van der Waals surface area contributed by atoms with Gasteiger partial charge in [-0.1, -0.05) is 75.2 Å². The van der Waals surface area contributed by atoms with E-state index in [0.717, 1.165) is 47.9 Å². The fourth-order valence-corrected chi connectivity index (χ4v) is 2.68. The molecule has 0 fully saturated rings. The highest BCUT2D eigenvalue weighted by Gasteiger charge is 2.08. The zero-order valence-corrected chi connectivity index (χ0v) is 13.5. The summed E-state index contributed by atoms with van der Waals surface area (Å²) >= 11 is 0. The summed E-state index contributed by atoms with van der Waals surface area (Å²) in [6.45, 7) is 4.15.